The first-order chi connectivity index (χ1) is 25.2. The molecule has 0 saturated heterocycles. The van der Waals surface area contributed by atoms with E-state index in [2.05, 4.69) is 156 Å². The van der Waals surface area contributed by atoms with Gasteiger partial charge in [-0.25, -0.2) is 9.97 Å². The second-order valence-electron chi connectivity index (χ2n) is 13.4. The number of hydrogen-bond acceptors (Lipinski definition) is 3. The molecule has 3 heterocycles. The van der Waals surface area contributed by atoms with E-state index in [1.54, 1.807) is 0 Å². The largest absolute Gasteiger partial charge is 0.327 e. The molecule has 0 N–H and O–H groups in total. The van der Waals surface area contributed by atoms with Gasteiger partial charge in [0.1, 0.15) is 5.52 Å². The monoisotopic (exact) mass is 656 g/mol. The molecule has 0 saturated carbocycles. The summed E-state index contributed by atoms with van der Waals surface area (Å²) in [5.41, 5.74) is 10.4. The highest BCUT2D eigenvalue weighted by atomic mass is 15.2. The van der Waals surface area contributed by atoms with E-state index in [0.29, 0.717) is 5.82 Å². The number of allylic oxidation sites excluding steroid dienone is 2. The smallest absolute Gasteiger partial charge is 0.160 e. The Balaban J connectivity index is 1.38. The van der Waals surface area contributed by atoms with Crippen molar-refractivity contribution in [3.8, 4) is 40.7 Å². The van der Waals surface area contributed by atoms with Crippen molar-refractivity contribution in [3.63, 3.8) is 0 Å². The second kappa shape index (κ2) is 12.8. The Hall–Kier alpha value is -6.44. The lowest BCUT2D eigenvalue weighted by Crippen LogP contribution is -2.35. The van der Waals surface area contributed by atoms with Gasteiger partial charge in [0.2, 0.25) is 0 Å². The SMILES string of the molecule is C#CC1C(C)C/C=C\Cc2c(ccc3ccccc23)N1c1ccc2c(c1)c1nc(-c3ccccc3)nc(-c3ccccc3)c1n2-c1ccccc1. The van der Waals surface area contributed by atoms with Crippen LogP contribution in [0.15, 0.2) is 158 Å². The third kappa shape index (κ3) is 5.26. The molecule has 244 valence electrons. The third-order valence-electron chi connectivity index (χ3n) is 10.2. The van der Waals surface area contributed by atoms with Crippen LogP contribution in [0.4, 0.5) is 11.4 Å². The van der Waals surface area contributed by atoms with Gasteiger partial charge < -0.3 is 9.47 Å². The van der Waals surface area contributed by atoms with Crippen molar-refractivity contribution in [1.82, 2.24) is 14.5 Å². The number of rotatable bonds is 4. The van der Waals surface area contributed by atoms with Crippen molar-refractivity contribution in [1.29, 1.82) is 0 Å². The Morgan fingerprint density at radius 2 is 1.37 bits per heavy atom. The average Bonchev–Trinajstić information content (AvgIpc) is 3.55. The first-order valence-corrected chi connectivity index (χ1v) is 17.6. The average molecular weight is 657 g/mol. The molecule has 1 aliphatic rings. The van der Waals surface area contributed by atoms with Crippen LogP contribution in [0.25, 0.3) is 61.0 Å². The van der Waals surface area contributed by atoms with Gasteiger partial charge in [0.25, 0.3) is 0 Å². The van der Waals surface area contributed by atoms with Crippen LogP contribution in [0.1, 0.15) is 18.9 Å². The van der Waals surface area contributed by atoms with E-state index in [-0.39, 0.29) is 12.0 Å². The Morgan fingerprint density at radius 3 is 2.14 bits per heavy atom. The first-order valence-electron chi connectivity index (χ1n) is 17.6. The summed E-state index contributed by atoms with van der Waals surface area (Å²) < 4.78 is 2.32. The lowest BCUT2D eigenvalue weighted by molar-refractivity contribution is 0.530. The topological polar surface area (TPSA) is 34.0 Å². The molecule has 0 spiro atoms. The van der Waals surface area contributed by atoms with Crippen LogP contribution in [-0.4, -0.2) is 20.6 Å². The fraction of sp³-hybridized carbons (Fsp3) is 0.106. The van der Waals surface area contributed by atoms with Crippen LogP contribution in [0, 0.1) is 18.3 Å². The van der Waals surface area contributed by atoms with Gasteiger partial charge in [-0.1, -0.05) is 134 Å². The first kappa shape index (κ1) is 30.6. The molecule has 8 aromatic rings. The summed E-state index contributed by atoms with van der Waals surface area (Å²) in [4.78, 5) is 13.1. The van der Waals surface area contributed by atoms with Gasteiger partial charge in [-0.05, 0) is 71.5 Å². The fourth-order valence-corrected chi connectivity index (χ4v) is 7.74. The molecule has 2 unspecified atom stereocenters. The normalized spacial score (nSPS) is 16.7. The van der Waals surface area contributed by atoms with Crippen molar-refractivity contribution >= 4 is 44.1 Å². The van der Waals surface area contributed by atoms with E-state index < -0.39 is 0 Å². The van der Waals surface area contributed by atoms with Crippen molar-refractivity contribution in [2.45, 2.75) is 25.8 Å². The number of benzene rings is 6. The summed E-state index contributed by atoms with van der Waals surface area (Å²) in [5, 5.41) is 3.53. The summed E-state index contributed by atoms with van der Waals surface area (Å²) in [7, 11) is 0. The Labute approximate surface area is 298 Å². The van der Waals surface area contributed by atoms with Gasteiger partial charge in [-0.3, -0.25) is 0 Å². The number of para-hydroxylation sites is 1. The molecular weight excluding hydrogens is 621 g/mol. The van der Waals surface area contributed by atoms with E-state index >= 15 is 0 Å². The highest BCUT2D eigenvalue weighted by molar-refractivity contribution is 6.12. The van der Waals surface area contributed by atoms with E-state index in [1.807, 2.05) is 24.3 Å². The standard InChI is InChI=1S/C47H36N4/c1-3-41-32(2)17-13-15-26-39-38-25-16-14-18-33(38)27-29-42(39)50(41)37-28-30-43-40(31-37)45-46(51(43)36-23-11-6-12-24-36)44(34-19-7-4-8-20-34)48-47(49-45)35-21-9-5-10-22-35/h1,4-16,18-25,27-32,41H,17,26H2,2H3/b15-13-. The summed E-state index contributed by atoms with van der Waals surface area (Å²) in [5.74, 6) is 4.14. The Morgan fingerprint density at radius 1 is 0.667 bits per heavy atom. The van der Waals surface area contributed by atoms with E-state index in [9.17, 15) is 0 Å². The quantitative estimate of drug-likeness (QED) is 0.140. The molecule has 0 bridgehead atoms. The predicted molar refractivity (Wildman–Crippen MR) is 213 cm³/mol. The maximum absolute atomic E-state index is 6.47. The Bertz CT molecular complexity index is 2610. The Kier molecular flexibility index (Phi) is 7.67. The molecule has 4 heteroatoms. The zero-order valence-corrected chi connectivity index (χ0v) is 28.4. The minimum atomic E-state index is -0.165. The van der Waals surface area contributed by atoms with E-state index in [1.165, 1.54) is 16.3 Å². The minimum absolute atomic E-state index is 0.165. The van der Waals surface area contributed by atoms with Crippen molar-refractivity contribution in [2.24, 2.45) is 5.92 Å². The molecule has 0 aliphatic carbocycles. The maximum atomic E-state index is 6.47. The van der Waals surface area contributed by atoms with Crippen molar-refractivity contribution in [2.75, 3.05) is 4.90 Å². The van der Waals surface area contributed by atoms with Gasteiger partial charge in [-0.15, -0.1) is 6.42 Å². The molecule has 0 radical (unpaired) electrons. The van der Waals surface area contributed by atoms with Gasteiger partial charge in [0.05, 0.1) is 22.8 Å². The molecule has 2 aromatic heterocycles. The predicted octanol–water partition coefficient (Wildman–Crippen LogP) is 11.3. The lowest BCUT2D eigenvalue weighted by Gasteiger charge is -2.35. The van der Waals surface area contributed by atoms with Crippen LogP contribution in [0.5, 0.6) is 0 Å². The molecular formula is C47H36N4. The van der Waals surface area contributed by atoms with E-state index in [0.717, 1.165) is 68.7 Å². The number of terminal acetylenes is 1. The number of anilines is 2. The van der Waals surface area contributed by atoms with Crippen LogP contribution in [-0.2, 0) is 6.42 Å². The minimum Gasteiger partial charge on any atom is -0.327 e. The third-order valence-corrected chi connectivity index (χ3v) is 10.2. The zero-order valence-electron chi connectivity index (χ0n) is 28.4. The van der Waals surface area contributed by atoms with Crippen LogP contribution in [0.2, 0.25) is 0 Å². The molecule has 2 atom stereocenters. The lowest BCUT2D eigenvalue weighted by atomic mass is 9.94. The molecule has 1 aliphatic heterocycles. The van der Waals surface area contributed by atoms with Crippen molar-refractivity contribution in [3.05, 3.63) is 163 Å². The highest BCUT2D eigenvalue weighted by Gasteiger charge is 2.29. The van der Waals surface area contributed by atoms with Crippen molar-refractivity contribution < 1.29 is 0 Å². The summed E-state index contributed by atoms with van der Waals surface area (Å²) >= 11 is 0. The number of aromatic nitrogens is 3. The highest BCUT2D eigenvalue weighted by Crippen LogP contribution is 2.43. The molecule has 0 fully saturated rings. The summed E-state index contributed by atoms with van der Waals surface area (Å²) in [6.45, 7) is 2.26. The number of fused-ring (bicyclic) bond motifs is 6. The van der Waals surface area contributed by atoms with Gasteiger partial charge >= 0.3 is 0 Å². The van der Waals surface area contributed by atoms with Crippen LogP contribution in [0.3, 0.4) is 0 Å². The summed E-state index contributed by atoms with van der Waals surface area (Å²) in [6, 6.07) is 51.0. The molecule has 9 rings (SSSR count). The fourth-order valence-electron chi connectivity index (χ4n) is 7.74. The molecule has 6 aromatic carbocycles. The van der Waals surface area contributed by atoms with Gasteiger partial charge in [0, 0.05) is 33.6 Å². The second-order valence-corrected chi connectivity index (χ2v) is 13.4. The van der Waals surface area contributed by atoms with Crippen LogP contribution >= 0.6 is 0 Å². The zero-order chi connectivity index (χ0) is 34.3. The van der Waals surface area contributed by atoms with Gasteiger partial charge in [0.15, 0.2) is 5.82 Å². The molecule has 51 heavy (non-hydrogen) atoms. The van der Waals surface area contributed by atoms with Crippen LogP contribution < -0.4 is 4.90 Å². The summed E-state index contributed by atoms with van der Waals surface area (Å²) in [6.07, 6.45) is 12.8. The number of nitrogens with zero attached hydrogens (tertiary/aromatic N) is 4. The van der Waals surface area contributed by atoms with E-state index in [4.69, 9.17) is 16.4 Å². The van der Waals surface area contributed by atoms with Gasteiger partial charge in [-0.2, -0.15) is 0 Å². The molecule has 4 nitrogen and oxygen atoms in total. The molecule has 0 amide bonds. The number of hydrogen-bond donors (Lipinski definition) is 0. The maximum Gasteiger partial charge on any atom is 0.160 e.